The summed E-state index contributed by atoms with van der Waals surface area (Å²) in [6.45, 7) is 30.9. The standard InChI is InChI=1S/4C15H28O7P2.C/c4*1-13(2)7-5-8-14(3)9-6-10-15(4)11-12-21-24(19,20)22-23(16,17)18;/h4*7,9,11H,5-6,8,10,12H2,1-4H3,(H,19,20)(H2,16,17,18);/q;;;;+4/p-4. The maximum atomic E-state index is 11.1. The van der Waals surface area contributed by atoms with Gasteiger partial charge in [-0.25, -0.2) is 35.5 Å². The molecule has 8 N–H and O–H groups in total. The van der Waals surface area contributed by atoms with Gasteiger partial charge in [0, 0.05) is 0 Å². The van der Waals surface area contributed by atoms with Gasteiger partial charge in [0.2, 0.25) is 0 Å². The molecule has 36 heteroatoms. The van der Waals surface area contributed by atoms with E-state index in [1.165, 1.54) is 44.6 Å². The van der Waals surface area contributed by atoms with Gasteiger partial charge in [-0.3, -0.25) is 18.3 Å². The first kappa shape index (κ1) is 104. The Kier molecular flexibility index (Phi) is 58.2. The van der Waals surface area contributed by atoms with Gasteiger partial charge in [0.1, 0.15) is 0 Å². The van der Waals surface area contributed by atoms with Crippen molar-refractivity contribution in [1.29, 1.82) is 0 Å². The van der Waals surface area contributed by atoms with Gasteiger partial charge < -0.3 is 76.8 Å². The van der Waals surface area contributed by atoms with E-state index in [1.54, 1.807) is 24.3 Å². The van der Waals surface area contributed by atoms with E-state index in [1.807, 2.05) is 27.7 Å². The molecule has 0 aliphatic heterocycles. The Morgan fingerprint density at radius 2 is 0.371 bits per heavy atom. The van der Waals surface area contributed by atoms with Crippen LogP contribution in [0.3, 0.4) is 0 Å². The van der Waals surface area contributed by atoms with Crippen LogP contribution >= 0.6 is 62.6 Å². The fraction of sp³-hybridized carbons (Fsp3) is 0.590. The molecule has 4 atom stereocenters. The Balaban J connectivity index is -0.000000386. The average molecular weight is 1540 g/mol. The van der Waals surface area contributed by atoms with Gasteiger partial charge in [-0.1, -0.05) is 140 Å². The minimum absolute atomic E-state index is 0. The van der Waals surface area contributed by atoms with Crippen LogP contribution < -0.4 is 19.6 Å². The Morgan fingerprint density at radius 1 is 0.247 bits per heavy atom. The van der Waals surface area contributed by atoms with Crippen molar-refractivity contribution in [2.45, 2.75) is 214 Å². The van der Waals surface area contributed by atoms with Crippen molar-refractivity contribution >= 4 is 62.6 Å². The van der Waals surface area contributed by atoms with Gasteiger partial charge in [-0.15, -0.1) is 0 Å². The van der Waals surface area contributed by atoms with E-state index in [9.17, 15) is 56.1 Å². The second-order valence-corrected chi connectivity index (χ2v) is 34.2. The van der Waals surface area contributed by atoms with Crippen LogP contribution in [0.4, 0.5) is 0 Å². The minimum Gasteiger partial charge on any atom is -0.756 e. The Labute approximate surface area is 577 Å². The van der Waals surface area contributed by atoms with Crippen LogP contribution in [0, 0.1) is 7.43 Å². The summed E-state index contributed by atoms with van der Waals surface area (Å²) < 4.78 is 118. The molecule has 0 bridgehead atoms. The van der Waals surface area contributed by atoms with Crippen molar-refractivity contribution in [1.82, 2.24) is 0 Å². The number of rotatable bonds is 44. The van der Waals surface area contributed by atoms with Crippen molar-refractivity contribution in [3.63, 3.8) is 0 Å². The summed E-state index contributed by atoms with van der Waals surface area (Å²) in [6, 6.07) is 0. The molecule has 0 aliphatic carbocycles. The van der Waals surface area contributed by atoms with E-state index in [0.29, 0.717) is 0 Å². The van der Waals surface area contributed by atoms with Gasteiger partial charge >= 0.3 is 38.7 Å². The van der Waals surface area contributed by atoms with Gasteiger partial charge in [0.15, 0.2) is 0 Å². The molecule has 4 unspecified atom stereocenters. The first-order chi connectivity index (χ1) is 43.6. The molecular formula is C61H108O28P8. The first-order valence-corrected chi connectivity index (χ1v) is 42.3. The SMILES string of the molecule is CC(C)=CCCC(C)=CCCC(C)=CCOP(=O)([O-])OP(=O)(O)O.CC(C)=CCCC(C)=CCCC(C)=CCOP(=O)([O-])OP(=O)(O)O.CC(C)=CCCC(C)=CCCC(C)=CCOP(=O)([O-])OP(=O)(O)O.CC(C)=CCCC(C)=CCCC(C)=CCOP(=O)([O-])OP(=O)(O)O.[C+4]. The molecule has 0 amide bonds. The first-order valence-electron chi connectivity index (χ1n) is 30.3. The van der Waals surface area contributed by atoms with Crippen molar-refractivity contribution < 1.29 is 131 Å². The monoisotopic (exact) mass is 1540 g/mol. The third-order valence-electron chi connectivity index (χ3n) is 12.0. The minimum atomic E-state index is -5.13. The summed E-state index contributed by atoms with van der Waals surface area (Å²) in [5.74, 6) is 0. The number of phosphoric ester groups is 4. The molecule has 0 aromatic carbocycles. The third kappa shape index (κ3) is 82.8. The van der Waals surface area contributed by atoms with Crippen LogP contribution in [-0.4, -0.2) is 65.6 Å². The maximum Gasteiger partial charge on any atom is 4.00 e. The van der Waals surface area contributed by atoms with Crippen LogP contribution in [0.15, 0.2) is 140 Å². The van der Waals surface area contributed by atoms with Crippen molar-refractivity contribution in [2.75, 3.05) is 26.4 Å². The third-order valence-corrected chi connectivity index (χ3v) is 20.4. The summed E-state index contributed by atoms with van der Waals surface area (Å²) in [6.07, 6.45) is 37.9. The summed E-state index contributed by atoms with van der Waals surface area (Å²) in [7, 11) is -40.5. The molecule has 97 heavy (non-hydrogen) atoms. The van der Waals surface area contributed by atoms with E-state index >= 15 is 0 Å². The van der Waals surface area contributed by atoms with Crippen LogP contribution in [0.25, 0.3) is 0 Å². The molecule has 0 fully saturated rings. The zero-order chi connectivity index (χ0) is 75.2. The molecule has 0 saturated heterocycles. The fourth-order valence-corrected chi connectivity index (χ4v) is 13.0. The smallest absolute Gasteiger partial charge is 0.756 e. The summed E-state index contributed by atoms with van der Waals surface area (Å²) in [5, 5.41) is 0. The number of hydrogen-bond acceptors (Lipinski definition) is 20. The zero-order valence-corrected chi connectivity index (χ0v) is 66.0. The number of hydrogen-bond donors (Lipinski definition) is 8. The van der Waals surface area contributed by atoms with E-state index < -0.39 is 62.6 Å². The van der Waals surface area contributed by atoms with Crippen LogP contribution in [0.5, 0.6) is 0 Å². The molecule has 560 valence electrons. The topological polar surface area (TPSA) is 464 Å². The molecule has 0 spiro atoms. The largest absolute Gasteiger partial charge is 4.00 e. The van der Waals surface area contributed by atoms with Gasteiger partial charge in [0.25, 0.3) is 31.3 Å². The predicted octanol–water partition coefficient (Wildman–Crippen LogP) is 16.1. The molecule has 0 heterocycles. The predicted molar refractivity (Wildman–Crippen MR) is 372 cm³/mol. The molecule has 0 saturated carbocycles. The fourth-order valence-electron chi connectivity index (χ4n) is 7.05. The molecule has 0 radical (unpaired) electrons. The summed E-state index contributed by atoms with van der Waals surface area (Å²) >= 11 is 0. The van der Waals surface area contributed by atoms with E-state index in [-0.39, 0.29) is 33.9 Å². The Bertz CT molecular complexity index is 2680. The molecular weight excluding hydrogens is 1430 g/mol. The van der Waals surface area contributed by atoms with Crippen molar-refractivity contribution in [3.05, 3.63) is 147 Å². The number of allylic oxidation sites excluding steroid dienone is 20. The van der Waals surface area contributed by atoms with Crippen LogP contribution in [0.2, 0.25) is 0 Å². The zero-order valence-electron chi connectivity index (χ0n) is 58.9. The van der Waals surface area contributed by atoms with Gasteiger partial charge in [-0.05, 0) is 214 Å². The van der Waals surface area contributed by atoms with E-state index in [2.05, 4.69) is 167 Å². The average Bonchev–Trinajstić information content (AvgIpc) is 1.17. The molecule has 0 aromatic rings. The van der Waals surface area contributed by atoms with E-state index in [0.717, 1.165) is 125 Å². The van der Waals surface area contributed by atoms with Crippen LogP contribution in [-0.2, 0) is 71.9 Å². The van der Waals surface area contributed by atoms with Crippen molar-refractivity contribution in [3.8, 4) is 0 Å². The molecule has 0 aromatic heterocycles. The molecule has 0 aliphatic rings. The van der Waals surface area contributed by atoms with Crippen molar-refractivity contribution in [2.24, 2.45) is 0 Å². The normalized spacial score (nSPS) is 15.8. The van der Waals surface area contributed by atoms with Crippen LogP contribution in [0.1, 0.15) is 214 Å². The maximum absolute atomic E-state index is 11.1. The summed E-state index contributed by atoms with van der Waals surface area (Å²) in [5.41, 5.74) is 14.1. The molecule has 28 nitrogen and oxygen atoms in total. The second-order valence-electron chi connectivity index (χ2n) is 23.1. The summed E-state index contributed by atoms with van der Waals surface area (Å²) in [4.78, 5) is 112. The van der Waals surface area contributed by atoms with Gasteiger partial charge in [-0.2, -0.15) is 0 Å². The number of phosphoric acid groups is 8. The van der Waals surface area contributed by atoms with Gasteiger partial charge in [0.05, 0.1) is 26.4 Å². The Morgan fingerprint density at radius 3 is 0.495 bits per heavy atom. The quantitative estimate of drug-likeness (QED) is 0.0207. The molecule has 0 rings (SSSR count). The van der Waals surface area contributed by atoms with E-state index in [4.69, 9.17) is 39.1 Å². The second kappa shape index (κ2) is 54.6. The Hall–Kier alpha value is -2.08.